The fraction of sp³-hybridized carbons (Fsp3) is 0.150. The molecule has 2 nitrogen and oxygen atoms in total. The van der Waals surface area contributed by atoms with Gasteiger partial charge in [0.15, 0.2) is 0 Å². The van der Waals surface area contributed by atoms with Crippen LogP contribution < -0.4 is 0 Å². The van der Waals surface area contributed by atoms with Crippen molar-refractivity contribution in [3.05, 3.63) is 76.4 Å². The van der Waals surface area contributed by atoms with E-state index in [2.05, 4.69) is 4.98 Å². The van der Waals surface area contributed by atoms with E-state index in [1.54, 1.807) is 11.8 Å². The van der Waals surface area contributed by atoms with Crippen molar-refractivity contribution in [2.45, 2.75) is 23.7 Å². The van der Waals surface area contributed by atoms with Gasteiger partial charge in [0, 0.05) is 22.4 Å². The zero-order chi connectivity index (χ0) is 19.6. The van der Waals surface area contributed by atoms with Crippen LogP contribution in [0.25, 0.3) is 11.3 Å². The normalized spacial score (nSPS) is 11.6. The van der Waals surface area contributed by atoms with Crippen molar-refractivity contribution in [1.29, 1.82) is 0 Å². The van der Waals surface area contributed by atoms with Gasteiger partial charge in [-0.05, 0) is 42.3 Å². The molecule has 0 radical (unpaired) electrons. The Balaban J connectivity index is 1.70. The molecule has 7 heteroatoms. The van der Waals surface area contributed by atoms with Gasteiger partial charge in [-0.15, -0.1) is 11.8 Å². The summed E-state index contributed by atoms with van der Waals surface area (Å²) in [6, 6.07) is 13.2. The fourth-order valence-electron chi connectivity index (χ4n) is 2.42. The molecule has 0 bridgehead atoms. The maximum absolute atomic E-state index is 12.6. The first-order valence-corrected chi connectivity index (χ1v) is 9.35. The van der Waals surface area contributed by atoms with Gasteiger partial charge in [-0.25, -0.2) is 0 Å². The average molecular weight is 410 g/mol. The van der Waals surface area contributed by atoms with Crippen molar-refractivity contribution in [3.8, 4) is 17.0 Å². The first-order valence-electron chi connectivity index (χ1n) is 7.98. The molecule has 0 aliphatic heterocycles. The molecule has 0 atom stereocenters. The van der Waals surface area contributed by atoms with Crippen molar-refractivity contribution >= 4 is 23.4 Å². The van der Waals surface area contributed by atoms with Crippen molar-refractivity contribution in [2.24, 2.45) is 0 Å². The highest BCUT2D eigenvalue weighted by Crippen LogP contribution is 2.35. The SMILES string of the molecule is Cc1cc(SCc2ccc(-c3ccc(C(F)(F)F)cn3)cc2)c(Cl)cc1O. The van der Waals surface area contributed by atoms with Crippen LogP contribution in [-0.4, -0.2) is 10.1 Å². The number of pyridine rings is 1. The molecular weight excluding hydrogens is 395 g/mol. The Hall–Kier alpha value is -2.18. The molecule has 0 amide bonds. The maximum Gasteiger partial charge on any atom is 0.417 e. The summed E-state index contributed by atoms with van der Waals surface area (Å²) in [5.41, 5.74) is 2.26. The molecular formula is C20H15ClF3NOS. The lowest BCUT2D eigenvalue weighted by atomic mass is 10.1. The van der Waals surface area contributed by atoms with Crippen LogP contribution in [0.5, 0.6) is 5.75 Å². The number of aromatic nitrogens is 1. The Morgan fingerprint density at radius 1 is 1.07 bits per heavy atom. The quantitative estimate of drug-likeness (QED) is 0.485. The summed E-state index contributed by atoms with van der Waals surface area (Å²) in [6.45, 7) is 1.81. The van der Waals surface area contributed by atoms with Crippen LogP contribution in [0.3, 0.4) is 0 Å². The molecule has 0 saturated carbocycles. The zero-order valence-electron chi connectivity index (χ0n) is 14.2. The van der Waals surface area contributed by atoms with E-state index < -0.39 is 11.7 Å². The van der Waals surface area contributed by atoms with Gasteiger partial charge in [-0.2, -0.15) is 13.2 Å². The number of hydrogen-bond acceptors (Lipinski definition) is 3. The minimum Gasteiger partial charge on any atom is -0.508 e. The first-order chi connectivity index (χ1) is 12.7. The van der Waals surface area contributed by atoms with Gasteiger partial charge < -0.3 is 5.11 Å². The van der Waals surface area contributed by atoms with Crippen molar-refractivity contribution < 1.29 is 18.3 Å². The number of halogens is 4. The van der Waals surface area contributed by atoms with Crippen LogP contribution in [0.4, 0.5) is 13.2 Å². The van der Waals surface area contributed by atoms with Gasteiger partial charge in [0.05, 0.1) is 16.3 Å². The topological polar surface area (TPSA) is 33.1 Å². The number of aryl methyl sites for hydroxylation is 1. The number of hydrogen-bond donors (Lipinski definition) is 1. The lowest BCUT2D eigenvalue weighted by Crippen LogP contribution is -2.05. The molecule has 27 heavy (non-hydrogen) atoms. The molecule has 0 unspecified atom stereocenters. The molecule has 3 aromatic rings. The summed E-state index contributed by atoms with van der Waals surface area (Å²) in [6.07, 6.45) is -3.55. The highest BCUT2D eigenvalue weighted by atomic mass is 35.5. The number of rotatable bonds is 4. The van der Waals surface area contributed by atoms with Crippen LogP contribution >= 0.6 is 23.4 Å². The standard InChI is InChI=1S/C20H15ClF3NOS/c1-12-8-19(16(21)9-18(12)26)27-11-13-2-4-14(5-3-13)17-7-6-15(10-25-17)20(22,23)24/h2-10,26H,11H2,1H3. The van der Waals surface area contributed by atoms with Gasteiger partial charge in [0.1, 0.15) is 5.75 Å². The van der Waals surface area contributed by atoms with Crippen molar-refractivity contribution in [1.82, 2.24) is 4.98 Å². The lowest BCUT2D eigenvalue weighted by Gasteiger charge is -2.09. The Kier molecular flexibility index (Phi) is 5.67. The van der Waals surface area contributed by atoms with E-state index >= 15 is 0 Å². The molecule has 0 saturated heterocycles. The molecule has 0 aliphatic carbocycles. The third-order valence-corrected chi connectivity index (χ3v) is 5.54. The van der Waals surface area contributed by atoms with Crippen LogP contribution in [-0.2, 0) is 11.9 Å². The Labute approximate surface area is 164 Å². The Morgan fingerprint density at radius 3 is 2.37 bits per heavy atom. The average Bonchev–Trinajstić information content (AvgIpc) is 2.63. The van der Waals surface area contributed by atoms with E-state index in [1.165, 1.54) is 12.1 Å². The first kappa shape index (κ1) is 19.6. The van der Waals surface area contributed by atoms with Gasteiger partial charge >= 0.3 is 6.18 Å². The van der Waals surface area contributed by atoms with E-state index in [4.69, 9.17) is 11.6 Å². The van der Waals surface area contributed by atoms with Crippen LogP contribution in [0.2, 0.25) is 5.02 Å². The minimum atomic E-state index is -4.39. The van der Waals surface area contributed by atoms with E-state index in [0.29, 0.717) is 16.5 Å². The number of nitrogens with zero attached hydrogens (tertiary/aromatic N) is 1. The van der Waals surface area contributed by atoms with E-state index in [-0.39, 0.29) is 5.75 Å². The summed E-state index contributed by atoms with van der Waals surface area (Å²) < 4.78 is 37.8. The molecule has 0 fully saturated rings. The number of phenolic OH excluding ortho intramolecular Hbond substituents is 1. The number of phenols is 1. The fourth-order valence-corrected chi connectivity index (χ4v) is 3.71. The second-order valence-corrected chi connectivity index (χ2v) is 7.41. The molecule has 1 heterocycles. The number of aromatic hydroxyl groups is 1. The minimum absolute atomic E-state index is 0.165. The van der Waals surface area contributed by atoms with Crippen LogP contribution in [0, 0.1) is 6.92 Å². The molecule has 140 valence electrons. The van der Waals surface area contributed by atoms with Crippen LogP contribution in [0.1, 0.15) is 16.7 Å². The van der Waals surface area contributed by atoms with Crippen molar-refractivity contribution in [3.63, 3.8) is 0 Å². The van der Waals surface area contributed by atoms with Gasteiger partial charge in [0.25, 0.3) is 0 Å². The monoisotopic (exact) mass is 409 g/mol. The third kappa shape index (κ3) is 4.76. The van der Waals surface area contributed by atoms with E-state index in [9.17, 15) is 18.3 Å². The predicted octanol–water partition coefficient (Wildman–Crippen LogP) is 6.73. The second-order valence-electron chi connectivity index (χ2n) is 5.98. The number of thioether (sulfide) groups is 1. The number of alkyl halides is 3. The van der Waals surface area contributed by atoms with Gasteiger partial charge in [-0.1, -0.05) is 35.9 Å². The molecule has 2 aromatic carbocycles. The highest BCUT2D eigenvalue weighted by Gasteiger charge is 2.30. The summed E-state index contributed by atoms with van der Waals surface area (Å²) in [5.74, 6) is 0.836. The summed E-state index contributed by atoms with van der Waals surface area (Å²) in [5, 5.41) is 10.1. The molecule has 0 spiro atoms. The molecule has 0 aliphatic rings. The second kappa shape index (κ2) is 7.82. The maximum atomic E-state index is 12.6. The third-order valence-electron chi connectivity index (χ3n) is 3.99. The zero-order valence-corrected chi connectivity index (χ0v) is 15.8. The van der Waals surface area contributed by atoms with Gasteiger partial charge in [0.2, 0.25) is 0 Å². The number of benzene rings is 2. The molecule has 1 N–H and O–H groups in total. The van der Waals surface area contributed by atoms with E-state index in [1.807, 2.05) is 37.3 Å². The summed E-state index contributed by atoms with van der Waals surface area (Å²) in [7, 11) is 0. The van der Waals surface area contributed by atoms with Gasteiger partial charge in [-0.3, -0.25) is 4.98 Å². The highest BCUT2D eigenvalue weighted by molar-refractivity contribution is 7.98. The Bertz CT molecular complexity index is 941. The smallest absolute Gasteiger partial charge is 0.417 e. The summed E-state index contributed by atoms with van der Waals surface area (Å²) >= 11 is 7.69. The summed E-state index contributed by atoms with van der Waals surface area (Å²) in [4.78, 5) is 4.78. The largest absolute Gasteiger partial charge is 0.508 e. The Morgan fingerprint density at radius 2 is 1.78 bits per heavy atom. The van der Waals surface area contributed by atoms with E-state index in [0.717, 1.165) is 33.8 Å². The lowest BCUT2D eigenvalue weighted by molar-refractivity contribution is -0.137. The van der Waals surface area contributed by atoms with Crippen LogP contribution in [0.15, 0.2) is 59.6 Å². The molecule has 3 rings (SSSR count). The predicted molar refractivity (Wildman–Crippen MR) is 102 cm³/mol. The molecule has 1 aromatic heterocycles. The van der Waals surface area contributed by atoms with Crippen molar-refractivity contribution in [2.75, 3.05) is 0 Å².